The molecule has 0 fully saturated rings. The van der Waals surface area contributed by atoms with E-state index < -0.39 is 21.6 Å². The summed E-state index contributed by atoms with van der Waals surface area (Å²) < 4.78 is 42.3. The highest BCUT2D eigenvalue weighted by molar-refractivity contribution is 9.10. The second kappa shape index (κ2) is 8.71. The summed E-state index contributed by atoms with van der Waals surface area (Å²) in [5.74, 6) is -0.455. The number of carbonyl (C=O) groups is 1. The molecule has 1 heterocycles. The van der Waals surface area contributed by atoms with Gasteiger partial charge < -0.3 is 10.1 Å². The maximum Gasteiger partial charge on any atom is 0.257 e. The Morgan fingerprint density at radius 1 is 1.17 bits per heavy atom. The van der Waals surface area contributed by atoms with Gasteiger partial charge in [-0.05, 0) is 64.0 Å². The second-order valence-electron chi connectivity index (χ2n) is 6.13. The van der Waals surface area contributed by atoms with Crippen LogP contribution in [-0.2, 0) is 16.4 Å². The number of halogens is 2. The summed E-state index contributed by atoms with van der Waals surface area (Å²) >= 11 is 3.21. The lowest BCUT2D eigenvalue weighted by atomic mass is 10.2. The predicted octanol–water partition coefficient (Wildman–Crippen LogP) is 4.11. The molecular weight excluding hydrogens is 463 g/mol. The number of hydrogen-bond acceptors (Lipinski definition) is 5. The molecule has 9 heteroatoms. The van der Waals surface area contributed by atoms with Crippen molar-refractivity contribution in [3.05, 3.63) is 82.2 Å². The Balaban J connectivity index is 1.73. The van der Waals surface area contributed by atoms with Crippen LogP contribution in [-0.4, -0.2) is 25.6 Å². The van der Waals surface area contributed by atoms with E-state index in [1.165, 1.54) is 36.5 Å². The number of ether oxygens (including phenoxy) is 1. The number of benzene rings is 2. The van der Waals surface area contributed by atoms with Crippen molar-refractivity contribution >= 4 is 31.7 Å². The minimum absolute atomic E-state index is 0.0738. The van der Waals surface area contributed by atoms with Crippen LogP contribution in [0.5, 0.6) is 11.6 Å². The molecule has 6 nitrogen and oxygen atoms in total. The van der Waals surface area contributed by atoms with Crippen molar-refractivity contribution in [2.24, 2.45) is 0 Å². The fraction of sp³-hybridized carbons (Fsp3) is 0.100. The molecule has 0 saturated carbocycles. The minimum atomic E-state index is -3.27. The van der Waals surface area contributed by atoms with Crippen LogP contribution in [0.4, 0.5) is 4.39 Å². The first-order valence-corrected chi connectivity index (χ1v) is 11.1. The van der Waals surface area contributed by atoms with E-state index in [0.717, 1.165) is 11.8 Å². The average molecular weight is 479 g/mol. The Morgan fingerprint density at radius 2 is 1.90 bits per heavy atom. The molecular formula is C20H16BrFN2O4S. The summed E-state index contributed by atoms with van der Waals surface area (Å²) in [7, 11) is -3.27. The highest BCUT2D eigenvalue weighted by atomic mass is 79.9. The topological polar surface area (TPSA) is 85.4 Å². The van der Waals surface area contributed by atoms with Crippen molar-refractivity contribution in [2.75, 3.05) is 6.26 Å². The standard InChI is InChI=1S/C20H16BrFN2O4S/c1-29(26,27)15-7-4-13(5-8-15)12-24-19(25)16-3-2-10-23-20(16)28-18-9-6-14(22)11-17(18)21/h2-11H,12H2,1H3,(H,24,25). The van der Waals surface area contributed by atoms with Crippen molar-refractivity contribution in [1.29, 1.82) is 0 Å². The number of hydrogen-bond donors (Lipinski definition) is 1. The number of aromatic nitrogens is 1. The maximum absolute atomic E-state index is 13.2. The summed E-state index contributed by atoms with van der Waals surface area (Å²) in [4.78, 5) is 16.9. The van der Waals surface area contributed by atoms with Crippen molar-refractivity contribution in [3.8, 4) is 11.6 Å². The molecule has 0 atom stereocenters. The van der Waals surface area contributed by atoms with Gasteiger partial charge in [-0.2, -0.15) is 0 Å². The molecule has 0 aliphatic heterocycles. The molecule has 0 radical (unpaired) electrons. The Labute approximate surface area is 175 Å². The summed E-state index contributed by atoms with van der Waals surface area (Å²) in [6, 6.07) is 13.3. The highest BCUT2D eigenvalue weighted by Gasteiger charge is 2.16. The van der Waals surface area contributed by atoms with Gasteiger partial charge in [0.25, 0.3) is 5.91 Å². The quantitative estimate of drug-likeness (QED) is 0.576. The Morgan fingerprint density at radius 3 is 2.55 bits per heavy atom. The third-order valence-electron chi connectivity index (χ3n) is 3.92. The lowest BCUT2D eigenvalue weighted by Crippen LogP contribution is -2.23. The molecule has 0 saturated heterocycles. The van der Waals surface area contributed by atoms with Crippen LogP contribution in [0.2, 0.25) is 0 Å². The zero-order chi connectivity index (χ0) is 21.0. The lowest BCUT2D eigenvalue weighted by Gasteiger charge is -2.11. The van der Waals surface area contributed by atoms with Gasteiger partial charge in [0.1, 0.15) is 17.1 Å². The zero-order valence-electron chi connectivity index (χ0n) is 15.2. The first-order chi connectivity index (χ1) is 13.7. The van der Waals surface area contributed by atoms with Crippen LogP contribution < -0.4 is 10.1 Å². The fourth-order valence-electron chi connectivity index (χ4n) is 2.44. The van der Waals surface area contributed by atoms with Crippen LogP contribution in [0.25, 0.3) is 0 Å². The van der Waals surface area contributed by atoms with E-state index >= 15 is 0 Å². The summed E-state index contributed by atoms with van der Waals surface area (Å²) in [5.41, 5.74) is 0.940. The number of carbonyl (C=O) groups excluding carboxylic acids is 1. The minimum Gasteiger partial charge on any atom is -0.437 e. The van der Waals surface area contributed by atoms with Crippen molar-refractivity contribution < 1.29 is 22.3 Å². The van der Waals surface area contributed by atoms with Crippen LogP contribution in [0.15, 0.2) is 70.2 Å². The van der Waals surface area contributed by atoms with Gasteiger partial charge in [0, 0.05) is 19.0 Å². The molecule has 0 aliphatic carbocycles. The largest absolute Gasteiger partial charge is 0.437 e. The third-order valence-corrected chi connectivity index (χ3v) is 5.67. The van der Waals surface area contributed by atoms with E-state index in [1.807, 2.05) is 0 Å². The van der Waals surface area contributed by atoms with Gasteiger partial charge >= 0.3 is 0 Å². The number of amides is 1. The summed E-state index contributed by atoms with van der Waals surface area (Å²) in [5, 5.41) is 2.74. The SMILES string of the molecule is CS(=O)(=O)c1ccc(CNC(=O)c2cccnc2Oc2ccc(F)cc2Br)cc1. The highest BCUT2D eigenvalue weighted by Crippen LogP contribution is 2.30. The van der Waals surface area contributed by atoms with E-state index in [4.69, 9.17) is 4.74 Å². The molecule has 3 aromatic rings. The summed E-state index contributed by atoms with van der Waals surface area (Å²) in [6.07, 6.45) is 2.61. The van der Waals surface area contributed by atoms with Gasteiger partial charge in [-0.1, -0.05) is 12.1 Å². The van der Waals surface area contributed by atoms with Gasteiger partial charge in [0.05, 0.1) is 9.37 Å². The Bertz CT molecular complexity index is 1150. The fourth-order valence-corrected chi connectivity index (χ4v) is 3.50. The normalized spacial score (nSPS) is 11.1. The average Bonchev–Trinajstić information content (AvgIpc) is 2.68. The maximum atomic E-state index is 13.2. The van der Waals surface area contributed by atoms with Crippen LogP contribution >= 0.6 is 15.9 Å². The van der Waals surface area contributed by atoms with Gasteiger partial charge in [-0.3, -0.25) is 4.79 Å². The number of nitrogens with zero attached hydrogens (tertiary/aromatic N) is 1. The molecule has 29 heavy (non-hydrogen) atoms. The predicted molar refractivity (Wildman–Crippen MR) is 109 cm³/mol. The van der Waals surface area contributed by atoms with E-state index in [2.05, 4.69) is 26.2 Å². The summed E-state index contributed by atoms with van der Waals surface area (Å²) in [6.45, 7) is 0.192. The molecule has 0 unspecified atom stereocenters. The number of pyridine rings is 1. The van der Waals surface area contributed by atoms with Gasteiger partial charge in [0.15, 0.2) is 9.84 Å². The second-order valence-corrected chi connectivity index (χ2v) is 9.00. The van der Waals surface area contributed by atoms with Crippen LogP contribution in [0.1, 0.15) is 15.9 Å². The van der Waals surface area contributed by atoms with Crippen molar-refractivity contribution in [3.63, 3.8) is 0 Å². The van der Waals surface area contributed by atoms with Gasteiger partial charge in [-0.25, -0.2) is 17.8 Å². The van der Waals surface area contributed by atoms with Gasteiger partial charge in [-0.15, -0.1) is 0 Å². The molecule has 0 bridgehead atoms. The smallest absolute Gasteiger partial charge is 0.257 e. The lowest BCUT2D eigenvalue weighted by molar-refractivity contribution is 0.0948. The molecule has 1 aromatic heterocycles. The van der Waals surface area contributed by atoms with E-state index in [1.54, 1.807) is 24.3 Å². The third kappa shape index (κ3) is 5.39. The van der Waals surface area contributed by atoms with E-state index in [0.29, 0.717) is 10.2 Å². The zero-order valence-corrected chi connectivity index (χ0v) is 17.6. The number of rotatable bonds is 6. The van der Waals surface area contributed by atoms with Crippen molar-refractivity contribution in [1.82, 2.24) is 10.3 Å². The number of nitrogens with one attached hydrogen (secondary N) is 1. The van der Waals surface area contributed by atoms with E-state index in [9.17, 15) is 17.6 Å². The molecule has 2 aromatic carbocycles. The van der Waals surface area contributed by atoms with Gasteiger partial charge in [0.2, 0.25) is 5.88 Å². The molecule has 3 rings (SSSR count). The molecule has 1 N–H and O–H groups in total. The van der Waals surface area contributed by atoms with Crippen LogP contribution in [0.3, 0.4) is 0 Å². The van der Waals surface area contributed by atoms with E-state index in [-0.39, 0.29) is 22.9 Å². The van der Waals surface area contributed by atoms with Crippen molar-refractivity contribution in [2.45, 2.75) is 11.4 Å². The monoisotopic (exact) mass is 478 g/mol. The Kier molecular flexibility index (Phi) is 6.29. The molecule has 0 aliphatic rings. The molecule has 150 valence electrons. The first-order valence-electron chi connectivity index (χ1n) is 8.39. The Hall–Kier alpha value is -2.78. The van der Waals surface area contributed by atoms with Crippen LogP contribution in [0, 0.1) is 5.82 Å². The number of sulfone groups is 1. The first kappa shape index (κ1) is 20.9. The molecule has 0 spiro atoms. The molecule has 1 amide bonds.